The van der Waals surface area contributed by atoms with Crippen molar-refractivity contribution in [2.24, 2.45) is 0 Å². The van der Waals surface area contributed by atoms with Crippen molar-refractivity contribution in [3.63, 3.8) is 0 Å². The van der Waals surface area contributed by atoms with Gasteiger partial charge in [-0.25, -0.2) is 0 Å². The molecule has 0 aliphatic rings. The van der Waals surface area contributed by atoms with Gasteiger partial charge in [-0.3, -0.25) is 19.2 Å². The van der Waals surface area contributed by atoms with Gasteiger partial charge in [0, 0.05) is 25.9 Å². The lowest BCUT2D eigenvalue weighted by molar-refractivity contribution is -0.117. The van der Waals surface area contributed by atoms with Gasteiger partial charge in [-0.1, -0.05) is 111 Å². The molecule has 4 rings (SSSR count). The standard InChI is InChI=1S/C40H46N4O4/c45-37(43-35-23-15-13-21-33(35)39(47)41-29-27-31-17-7-5-8-18-31)25-11-3-1-2-4-12-26-38(46)44-36-24-16-14-22-34(36)40(48)42-30-28-32-19-9-6-10-20-32/h5-10,13-24H,1-4,11-12,25-30H2,(H,41,47)(H,42,48)(H,43,45)(H,44,46). The van der Waals surface area contributed by atoms with E-state index >= 15 is 0 Å². The van der Waals surface area contributed by atoms with Crippen LogP contribution in [-0.4, -0.2) is 36.7 Å². The highest BCUT2D eigenvalue weighted by Crippen LogP contribution is 2.18. The molecule has 0 radical (unpaired) electrons. The third-order valence-corrected chi connectivity index (χ3v) is 8.03. The van der Waals surface area contributed by atoms with Crippen LogP contribution in [0.25, 0.3) is 0 Å². The van der Waals surface area contributed by atoms with E-state index in [2.05, 4.69) is 21.3 Å². The van der Waals surface area contributed by atoms with Gasteiger partial charge in [-0.05, 0) is 61.1 Å². The summed E-state index contributed by atoms with van der Waals surface area (Å²) < 4.78 is 0. The Morgan fingerprint density at radius 2 is 0.771 bits per heavy atom. The number of carbonyl (C=O) groups excluding carboxylic acids is 4. The molecule has 48 heavy (non-hydrogen) atoms. The fourth-order valence-corrected chi connectivity index (χ4v) is 5.40. The number of carbonyl (C=O) groups is 4. The maximum Gasteiger partial charge on any atom is 0.253 e. The van der Waals surface area contributed by atoms with Crippen LogP contribution in [-0.2, 0) is 22.4 Å². The Labute approximate surface area is 283 Å². The molecule has 8 nitrogen and oxygen atoms in total. The Morgan fingerprint density at radius 1 is 0.417 bits per heavy atom. The molecule has 4 N–H and O–H groups in total. The lowest BCUT2D eigenvalue weighted by atomic mass is 10.1. The van der Waals surface area contributed by atoms with Gasteiger partial charge in [-0.15, -0.1) is 0 Å². The highest BCUT2D eigenvalue weighted by Gasteiger charge is 2.14. The van der Waals surface area contributed by atoms with Gasteiger partial charge in [-0.2, -0.15) is 0 Å². The number of benzene rings is 4. The molecular weight excluding hydrogens is 600 g/mol. The lowest BCUT2D eigenvalue weighted by Crippen LogP contribution is -2.27. The molecule has 0 aliphatic heterocycles. The van der Waals surface area contributed by atoms with Crippen LogP contribution < -0.4 is 21.3 Å². The predicted molar refractivity (Wildman–Crippen MR) is 192 cm³/mol. The SMILES string of the molecule is O=C(CCCCCCCCC(=O)Nc1ccccc1C(=O)NCCc1ccccc1)Nc1ccccc1C(=O)NCCc1ccccc1. The second-order valence-electron chi connectivity index (χ2n) is 11.8. The third kappa shape index (κ3) is 12.5. The summed E-state index contributed by atoms with van der Waals surface area (Å²) in [4.78, 5) is 50.8. The Bertz CT molecular complexity index is 1490. The normalized spacial score (nSPS) is 10.6. The van der Waals surface area contributed by atoms with Gasteiger partial charge in [0.05, 0.1) is 22.5 Å². The number of nitrogens with one attached hydrogen (secondary N) is 4. The molecule has 250 valence electrons. The Kier molecular flexibility index (Phi) is 14.9. The minimum atomic E-state index is -0.209. The zero-order valence-electron chi connectivity index (χ0n) is 27.5. The van der Waals surface area contributed by atoms with Crippen LogP contribution in [0.5, 0.6) is 0 Å². The number of unbranched alkanes of at least 4 members (excludes halogenated alkanes) is 5. The van der Waals surface area contributed by atoms with Crippen molar-refractivity contribution in [3.8, 4) is 0 Å². The van der Waals surface area contributed by atoms with E-state index in [1.54, 1.807) is 48.5 Å². The molecule has 0 saturated carbocycles. The number of anilines is 2. The summed E-state index contributed by atoms with van der Waals surface area (Å²) in [6.07, 6.45) is 7.50. The zero-order valence-corrected chi connectivity index (χ0v) is 27.5. The largest absolute Gasteiger partial charge is 0.352 e. The van der Waals surface area contributed by atoms with Crippen LogP contribution in [0.3, 0.4) is 0 Å². The molecular formula is C40H46N4O4. The van der Waals surface area contributed by atoms with Crippen molar-refractivity contribution in [3.05, 3.63) is 131 Å². The third-order valence-electron chi connectivity index (χ3n) is 8.03. The molecule has 4 amide bonds. The molecule has 8 heteroatoms. The van der Waals surface area contributed by atoms with Crippen molar-refractivity contribution in [1.82, 2.24) is 10.6 Å². The quantitative estimate of drug-likeness (QED) is 0.0799. The fourth-order valence-electron chi connectivity index (χ4n) is 5.40. The smallest absolute Gasteiger partial charge is 0.253 e. The summed E-state index contributed by atoms with van der Waals surface area (Å²) in [5.41, 5.74) is 4.24. The Morgan fingerprint density at radius 3 is 1.19 bits per heavy atom. The van der Waals surface area contributed by atoms with Gasteiger partial charge >= 0.3 is 0 Å². The lowest BCUT2D eigenvalue weighted by Gasteiger charge is -2.12. The van der Waals surface area contributed by atoms with E-state index in [1.165, 1.54) is 0 Å². The fraction of sp³-hybridized carbons (Fsp3) is 0.300. The van der Waals surface area contributed by atoms with Crippen molar-refractivity contribution in [2.75, 3.05) is 23.7 Å². The monoisotopic (exact) mass is 646 g/mol. The molecule has 0 fully saturated rings. The van der Waals surface area contributed by atoms with Crippen molar-refractivity contribution in [2.45, 2.75) is 64.2 Å². The highest BCUT2D eigenvalue weighted by molar-refractivity contribution is 6.04. The summed E-state index contributed by atoms with van der Waals surface area (Å²) >= 11 is 0. The first-order chi connectivity index (χ1) is 23.5. The zero-order chi connectivity index (χ0) is 33.8. The molecule has 0 aliphatic carbocycles. The van der Waals surface area contributed by atoms with E-state index in [0.29, 0.717) is 48.4 Å². The first kappa shape index (κ1) is 35.6. The van der Waals surface area contributed by atoms with E-state index in [0.717, 1.165) is 62.5 Å². The van der Waals surface area contributed by atoms with Gasteiger partial charge < -0.3 is 21.3 Å². The van der Waals surface area contributed by atoms with Crippen LogP contribution in [0.15, 0.2) is 109 Å². The highest BCUT2D eigenvalue weighted by atomic mass is 16.2. The van der Waals surface area contributed by atoms with E-state index in [1.807, 2.05) is 60.7 Å². The molecule has 0 bridgehead atoms. The number of hydrogen-bond donors (Lipinski definition) is 4. The van der Waals surface area contributed by atoms with Crippen molar-refractivity contribution >= 4 is 35.0 Å². The maximum atomic E-state index is 12.8. The van der Waals surface area contributed by atoms with Gasteiger partial charge in [0.1, 0.15) is 0 Å². The summed E-state index contributed by atoms with van der Waals surface area (Å²) in [5.74, 6) is -0.637. The number of rotatable bonds is 19. The van der Waals surface area contributed by atoms with Crippen LogP contribution in [0, 0.1) is 0 Å². The van der Waals surface area contributed by atoms with Gasteiger partial charge in [0.2, 0.25) is 11.8 Å². The van der Waals surface area contributed by atoms with Gasteiger partial charge in [0.15, 0.2) is 0 Å². The molecule has 4 aromatic rings. The number of hydrogen-bond acceptors (Lipinski definition) is 4. The van der Waals surface area contributed by atoms with E-state index < -0.39 is 0 Å². The van der Waals surface area contributed by atoms with Crippen molar-refractivity contribution < 1.29 is 19.2 Å². The molecule has 0 heterocycles. The average molecular weight is 647 g/mol. The summed E-state index contributed by atoms with van der Waals surface area (Å²) in [6.45, 7) is 1.02. The number of para-hydroxylation sites is 2. The predicted octanol–water partition coefficient (Wildman–Crippen LogP) is 7.33. The van der Waals surface area contributed by atoms with E-state index in [4.69, 9.17) is 0 Å². The summed E-state index contributed by atoms with van der Waals surface area (Å²) in [6, 6.07) is 34.1. The molecule has 0 spiro atoms. The van der Waals surface area contributed by atoms with Crippen LogP contribution in [0.2, 0.25) is 0 Å². The van der Waals surface area contributed by atoms with Crippen molar-refractivity contribution in [1.29, 1.82) is 0 Å². The molecule has 0 atom stereocenters. The Hall–Kier alpha value is -5.24. The summed E-state index contributed by atoms with van der Waals surface area (Å²) in [5, 5.41) is 11.7. The first-order valence-electron chi connectivity index (χ1n) is 16.9. The van der Waals surface area contributed by atoms with Crippen LogP contribution in [0.4, 0.5) is 11.4 Å². The van der Waals surface area contributed by atoms with E-state index in [-0.39, 0.29) is 23.6 Å². The minimum Gasteiger partial charge on any atom is -0.352 e. The average Bonchev–Trinajstić information content (AvgIpc) is 3.10. The molecule has 0 saturated heterocycles. The molecule has 0 unspecified atom stereocenters. The second kappa shape index (κ2) is 20.1. The molecule has 0 aromatic heterocycles. The topological polar surface area (TPSA) is 116 Å². The van der Waals surface area contributed by atoms with E-state index in [9.17, 15) is 19.2 Å². The first-order valence-corrected chi connectivity index (χ1v) is 16.9. The Balaban J connectivity index is 1.07. The second-order valence-corrected chi connectivity index (χ2v) is 11.8. The summed E-state index contributed by atoms with van der Waals surface area (Å²) in [7, 11) is 0. The van der Waals surface area contributed by atoms with Gasteiger partial charge in [0.25, 0.3) is 11.8 Å². The maximum absolute atomic E-state index is 12.8. The van der Waals surface area contributed by atoms with Crippen LogP contribution in [0.1, 0.15) is 83.2 Å². The van der Waals surface area contributed by atoms with Crippen LogP contribution >= 0.6 is 0 Å². The molecule has 4 aromatic carbocycles. The number of amides is 4. The minimum absolute atomic E-state index is 0.110.